The maximum atomic E-state index is 5.65. The van der Waals surface area contributed by atoms with Crippen molar-refractivity contribution in [3.63, 3.8) is 0 Å². The number of rotatable bonds is 3. The van der Waals surface area contributed by atoms with Crippen LogP contribution in [0.1, 0.15) is 43.9 Å². The molecule has 4 heteroatoms. The van der Waals surface area contributed by atoms with Crippen LogP contribution in [0.2, 0.25) is 0 Å². The molecule has 2 N–H and O–H groups in total. The van der Waals surface area contributed by atoms with Gasteiger partial charge in [-0.3, -0.25) is 0 Å². The molecule has 1 aromatic heterocycles. The standard InChI is InChI=1S/C14H24N4/c1-3-12-5-4-7-18(8-6-12)14-16-10-13(9-15)11(2)17-14/h10,12H,3-9,15H2,1-2H3. The highest BCUT2D eigenvalue weighted by atomic mass is 15.2. The van der Waals surface area contributed by atoms with Crippen LogP contribution in [-0.4, -0.2) is 23.1 Å². The summed E-state index contributed by atoms with van der Waals surface area (Å²) in [4.78, 5) is 11.4. The largest absolute Gasteiger partial charge is 0.341 e. The van der Waals surface area contributed by atoms with Crippen LogP contribution in [0.5, 0.6) is 0 Å². The van der Waals surface area contributed by atoms with Crippen LogP contribution in [0.3, 0.4) is 0 Å². The van der Waals surface area contributed by atoms with Gasteiger partial charge in [0.25, 0.3) is 0 Å². The first-order valence-corrected chi connectivity index (χ1v) is 7.02. The summed E-state index contributed by atoms with van der Waals surface area (Å²) in [6.07, 6.45) is 7.02. The van der Waals surface area contributed by atoms with Crippen LogP contribution in [0.15, 0.2) is 6.20 Å². The first-order chi connectivity index (χ1) is 8.74. The summed E-state index contributed by atoms with van der Waals surface area (Å²) >= 11 is 0. The number of nitrogens with zero attached hydrogens (tertiary/aromatic N) is 3. The van der Waals surface area contributed by atoms with E-state index in [0.29, 0.717) is 6.54 Å². The second-order valence-electron chi connectivity index (χ2n) is 5.18. The fourth-order valence-corrected chi connectivity index (χ4v) is 2.61. The summed E-state index contributed by atoms with van der Waals surface area (Å²) in [5, 5.41) is 0. The quantitative estimate of drug-likeness (QED) is 0.891. The van der Waals surface area contributed by atoms with Crippen molar-refractivity contribution in [1.82, 2.24) is 9.97 Å². The third-order valence-electron chi connectivity index (χ3n) is 4.00. The van der Waals surface area contributed by atoms with E-state index in [1.54, 1.807) is 0 Å². The Morgan fingerprint density at radius 3 is 2.89 bits per heavy atom. The Balaban J connectivity index is 2.09. The van der Waals surface area contributed by atoms with Crippen molar-refractivity contribution >= 4 is 5.95 Å². The molecule has 0 radical (unpaired) electrons. The summed E-state index contributed by atoms with van der Waals surface area (Å²) in [5.41, 5.74) is 7.70. The Morgan fingerprint density at radius 2 is 2.22 bits per heavy atom. The van der Waals surface area contributed by atoms with E-state index >= 15 is 0 Å². The monoisotopic (exact) mass is 248 g/mol. The van der Waals surface area contributed by atoms with Gasteiger partial charge in [-0.25, -0.2) is 9.97 Å². The van der Waals surface area contributed by atoms with E-state index in [1.165, 1.54) is 25.7 Å². The molecule has 0 aromatic carbocycles. The molecule has 0 amide bonds. The van der Waals surface area contributed by atoms with Crippen molar-refractivity contribution in [1.29, 1.82) is 0 Å². The predicted octanol–water partition coefficient (Wildman–Crippen LogP) is 2.26. The Hall–Kier alpha value is -1.16. The van der Waals surface area contributed by atoms with Gasteiger partial charge in [0.05, 0.1) is 0 Å². The van der Waals surface area contributed by atoms with Gasteiger partial charge >= 0.3 is 0 Å². The van der Waals surface area contributed by atoms with Crippen LogP contribution in [0.25, 0.3) is 0 Å². The topological polar surface area (TPSA) is 55.0 Å². The number of nitrogens with two attached hydrogens (primary N) is 1. The number of aryl methyl sites for hydroxylation is 1. The molecular formula is C14H24N4. The number of anilines is 1. The fraction of sp³-hybridized carbons (Fsp3) is 0.714. The maximum Gasteiger partial charge on any atom is 0.225 e. The molecule has 1 saturated heterocycles. The van der Waals surface area contributed by atoms with Gasteiger partial charge in [-0.15, -0.1) is 0 Å². The highest BCUT2D eigenvalue weighted by Gasteiger charge is 2.17. The van der Waals surface area contributed by atoms with Crippen molar-refractivity contribution in [3.8, 4) is 0 Å². The first kappa shape index (κ1) is 13.3. The molecule has 1 aromatic rings. The smallest absolute Gasteiger partial charge is 0.225 e. The lowest BCUT2D eigenvalue weighted by molar-refractivity contribution is 0.459. The van der Waals surface area contributed by atoms with E-state index in [2.05, 4.69) is 21.8 Å². The highest BCUT2D eigenvalue weighted by molar-refractivity contribution is 5.33. The summed E-state index contributed by atoms with van der Waals surface area (Å²) in [6.45, 7) is 6.99. The average molecular weight is 248 g/mol. The van der Waals surface area contributed by atoms with Crippen LogP contribution in [0, 0.1) is 12.8 Å². The maximum absolute atomic E-state index is 5.65. The van der Waals surface area contributed by atoms with E-state index in [9.17, 15) is 0 Å². The molecule has 1 aliphatic rings. The van der Waals surface area contributed by atoms with E-state index < -0.39 is 0 Å². The minimum atomic E-state index is 0.518. The molecule has 18 heavy (non-hydrogen) atoms. The predicted molar refractivity (Wildman–Crippen MR) is 74.5 cm³/mol. The molecule has 2 heterocycles. The molecule has 1 fully saturated rings. The molecule has 2 rings (SSSR count). The van der Waals surface area contributed by atoms with Gasteiger partial charge in [0.2, 0.25) is 5.95 Å². The lowest BCUT2D eigenvalue weighted by atomic mass is 9.98. The lowest BCUT2D eigenvalue weighted by Crippen LogP contribution is -2.26. The van der Waals surface area contributed by atoms with Gasteiger partial charge in [-0.2, -0.15) is 0 Å². The van der Waals surface area contributed by atoms with E-state index in [4.69, 9.17) is 5.73 Å². The summed E-state index contributed by atoms with van der Waals surface area (Å²) in [5.74, 6) is 1.75. The molecule has 0 spiro atoms. The van der Waals surface area contributed by atoms with E-state index in [-0.39, 0.29) is 0 Å². The molecule has 1 unspecified atom stereocenters. The molecule has 1 atom stereocenters. The minimum absolute atomic E-state index is 0.518. The third-order valence-corrected chi connectivity index (χ3v) is 4.00. The normalized spacial score (nSPS) is 20.8. The summed E-state index contributed by atoms with van der Waals surface area (Å²) in [7, 11) is 0. The van der Waals surface area contributed by atoms with Gasteiger partial charge in [0.15, 0.2) is 0 Å². The average Bonchev–Trinajstić information content (AvgIpc) is 2.63. The Morgan fingerprint density at radius 1 is 1.39 bits per heavy atom. The van der Waals surface area contributed by atoms with Crippen molar-refractivity contribution in [2.24, 2.45) is 11.7 Å². The fourth-order valence-electron chi connectivity index (χ4n) is 2.61. The summed E-state index contributed by atoms with van der Waals surface area (Å²) < 4.78 is 0. The molecule has 0 saturated carbocycles. The Kier molecular flexibility index (Phi) is 4.53. The zero-order chi connectivity index (χ0) is 13.0. The molecule has 1 aliphatic heterocycles. The first-order valence-electron chi connectivity index (χ1n) is 7.02. The van der Waals surface area contributed by atoms with Crippen molar-refractivity contribution in [2.45, 2.75) is 46.1 Å². The zero-order valence-electron chi connectivity index (χ0n) is 11.5. The molecule has 100 valence electrons. The Labute approximate surface area is 110 Å². The molecule has 4 nitrogen and oxygen atoms in total. The summed E-state index contributed by atoms with van der Waals surface area (Å²) in [6, 6.07) is 0. The van der Waals surface area contributed by atoms with Gasteiger partial charge in [-0.1, -0.05) is 13.3 Å². The van der Waals surface area contributed by atoms with Crippen LogP contribution in [-0.2, 0) is 6.54 Å². The van der Waals surface area contributed by atoms with Gasteiger partial charge in [-0.05, 0) is 32.1 Å². The van der Waals surface area contributed by atoms with Crippen LogP contribution in [0.4, 0.5) is 5.95 Å². The molecule has 0 aliphatic carbocycles. The van der Waals surface area contributed by atoms with Gasteiger partial charge < -0.3 is 10.6 Å². The van der Waals surface area contributed by atoms with Gasteiger partial charge in [0.1, 0.15) is 0 Å². The zero-order valence-corrected chi connectivity index (χ0v) is 11.5. The minimum Gasteiger partial charge on any atom is -0.341 e. The van der Waals surface area contributed by atoms with E-state index in [1.807, 2.05) is 13.1 Å². The number of hydrogen-bond donors (Lipinski definition) is 1. The Bertz CT molecular complexity index is 391. The van der Waals surface area contributed by atoms with Crippen LogP contribution < -0.4 is 10.6 Å². The van der Waals surface area contributed by atoms with E-state index in [0.717, 1.165) is 36.2 Å². The lowest BCUT2D eigenvalue weighted by Gasteiger charge is -2.21. The molecular weight excluding hydrogens is 224 g/mol. The van der Waals surface area contributed by atoms with Gasteiger partial charge in [0, 0.05) is 37.1 Å². The third kappa shape index (κ3) is 2.99. The number of aromatic nitrogens is 2. The number of hydrogen-bond acceptors (Lipinski definition) is 4. The second kappa shape index (κ2) is 6.14. The van der Waals surface area contributed by atoms with Crippen LogP contribution >= 0.6 is 0 Å². The molecule has 0 bridgehead atoms. The highest BCUT2D eigenvalue weighted by Crippen LogP contribution is 2.22. The van der Waals surface area contributed by atoms with Crippen molar-refractivity contribution < 1.29 is 0 Å². The van der Waals surface area contributed by atoms with Crippen molar-refractivity contribution in [3.05, 3.63) is 17.5 Å². The second-order valence-corrected chi connectivity index (χ2v) is 5.18. The SMILES string of the molecule is CCC1CCCN(c2ncc(CN)c(C)n2)CC1. The van der Waals surface area contributed by atoms with Crippen molar-refractivity contribution in [2.75, 3.05) is 18.0 Å².